The van der Waals surface area contributed by atoms with E-state index in [9.17, 15) is 10.4 Å². The first-order valence-electron chi connectivity index (χ1n) is 6.94. The molecule has 1 aliphatic carbocycles. The van der Waals surface area contributed by atoms with Crippen molar-refractivity contribution in [2.75, 3.05) is 0 Å². The first-order valence-corrected chi connectivity index (χ1v) is 7.32. The zero-order valence-corrected chi connectivity index (χ0v) is 12.1. The minimum Gasteiger partial charge on any atom is -0.387 e. The number of hydrogen-bond donors (Lipinski definition) is 1. The first kappa shape index (κ1) is 14.4. The van der Waals surface area contributed by atoms with E-state index in [4.69, 9.17) is 11.6 Å². The molecule has 2 nitrogen and oxygen atoms in total. The second-order valence-electron chi connectivity index (χ2n) is 5.59. The first-order chi connectivity index (χ1) is 9.09. The summed E-state index contributed by atoms with van der Waals surface area (Å²) in [5.41, 5.74) is 1.17. The van der Waals surface area contributed by atoms with E-state index in [0.717, 1.165) is 49.7 Å². The molecule has 1 aromatic carbocycles. The summed E-state index contributed by atoms with van der Waals surface area (Å²) in [7, 11) is 0. The van der Waals surface area contributed by atoms with Crippen molar-refractivity contribution in [3.05, 3.63) is 34.3 Å². The van der Waals surface area contributed by atoms with Crippen molar-refractivity contribution >= 4 is 11.6 Å². The van der Waals surface area contributed by atoms with Crippen LogP contribution in [0.4, 0.5) is 0 Å². The fourth-order valence-electron chi connectivity index (χ4n) is 3.05. The maximum absolute atomic E-state index is 10.7. The second kappa shape index (κ2) is 5.94. The maximum atomic E-state index is 10.7. The van der Waals surface area contributed by atoms with Crippen LogP contribution in [0.3, 0.4) is 0 Å². The third-order valence-corrected chi connectivity index (χ3v) is 4.50. The molecule has 19 heavy (non-hydrogen) atoms. The largest absolute Gasteiger partial charge is 0.387 e. The summed E-state index contributed by atoms with van der Waals surface area (Å²) in [5.74, 6) is 0. The number of nitriles is 1. The van der Waals surface area contributed by atoms with E-state index in [1.807, 2.05) is 19.1 Å². The van der Waals surface area contributed by atoms with Gasteiger partial charge in [0.25, 0.3) is 0 Å². The summed E-state index contributed by atoms with van der Waals surface area (Å²) < 4.78 is 0. The van der Waals surface area contributed by atoms with E-state index >= 15 is 0 Å². The molecule has 0 saturated heterocycles. The highest BCUT2D eigenvalue weighted by Gasteiger charge is 2.39. The smallest absolute Gasteiger partial charge is 0.0978 e. The van der Waals surface area contributed by atoms with Gasteiger partial charge in [-0.05, 0) is 43.0 Å². The molecule has 1 aromatic rings. The molecule has 0 amide bonds. The molecule has 0 spiro atoms. The third-order valence-electron chi connectivity index (χ3n) is 4.27. The fraction of sp³-hybridized carbons (Fsp3) is 0.562. The standard InChI is InChI=1S/C16H20ClNO/c1-12-10-13(17)6-7-14(12)15(19)16(11-18)8-4-2-3-5-9-16/h6-7,10,15,19H,2-5,8-9H2,1H3. The van der Waals surface area contributed by atoms with E-state index in [1.54, 1.807) is 6.07 Å². The van der Waals surface area contributed by atoms with Gasteiger partial charge in [-0.2, -0.15) is 5.26 Å². The molecule has 1 unspecified atom stereocenters. The fourth-order valence-corrected chi connectivity index (χ4v) is 3.28. The van der Waals surface area contributed by atoms with Gasteiger partial charge in [0.05, 0.1) is 17.6 Å². The van der Waals surface area contributed by atoms with E-state index in [0.29, 0.717) is 5.02 Å². The molecule has 1 saturated carbocycles. The molecular formula is C16H20ClNO. The van der Waals surface area contributed by atoms with Crippen molar-refractivity contribution in [1.82, 2.24) is 0 Å². The average Bonchev–Trinajstić information content (AvgIpc) is 2.64. The van der Waals surface area contributed by atoms with Gasteiger partial charge in [0.15, 0.2) is 0 Å². The topological polar surface area (TPSA) is 44.0 Å². The van der Waals surface area contributed by atoms with Gasteiger partial charge >= 0.3 is 0 Å². The predicted octanol–water partition coefficient (Wildman–Crippen LogP) is 4.55. The Balaban J connectivity index is 2.34. The molecule has 102 valence electrons. The highest BCUT2D eigenvalue weighted by Crippen LogP contribution is 2.45. The Hall–Kier alpha value is -1.04. The van der Waals surface area contributed by atoms with Crippen molar-refractivity contribution in [2.45, 2.75) is 51.6 Å². The molecule has 1 aliphatic rings. The molecule has 1 N–H and O–H groups in total. The van der Waals surface area contributed by atoms with Crippen molar-refractivity contribution in [3.8, 4) is 6.07 Å². The van der Waals surface area contributed by atoms with Gasteiger partial charge in [-0.3, -0.25) is 0 Å². The van der Waals surface area contributed by atoms with Crippen LogP contribution in [-0.2, 0) is 0 Å². The average molecular weight is 278 g/mol. The second-order valence-corrected chi connectivity index (χ2v) is 6.02. The highest BCUT2D eigenvalue weighted by molar-refractivity contribution is 6.30. The quantitative estimate of drug-likeness (QED) is 0.806. The lowest BCUT2D eigenvalue weighted by Crippen LogP contribution is -2.27. The van der Waals surface area contributed by atoms with Crippen LogP contribution in [0.5, 0.6) is 0 Å². The Morgan fingerprint density at radius 1 is 1.26 bits per heavy atom. The van der Waals surface area contributed by atoms with E-state index in [2.05, 4.69) is 6.07 Å². The minimum absolute atomic E-state index is 0.630. The Kier molecular flexibility index (Phi) is 4.50. The van der Waals surface area contributed by atoms with Crippen LogP contribution in [0.1, 0.15) is 55.8 Å². The van der Waals surface area contributed by atoms with E-state index in [1.165, 1.54) is 0 Å². The number of halogens is 1. The molecule has 0 aliphatic heterocycles. The van der Waals surface area contributed by atoms with Crippen molar-refractivity contribution in [1.29, 1.82) is 5.26 Å². The monoisotopic (exact) mass is 277 g/mol. The molecule has 0 heterocycles. The molecule has 0 bridgehead atoms. The van der Waals surface area contributed by atoms with E-state index < -0.39 is 11.5 Å². The summed E-state index contributed by atoms with van der Waals surface area (Å²) in [6, 6.07) is 7.90. The number of aryl methyl sites for hydroxylation is 1. The maximum Gasteiger partial charge on any atom is 0.0978 e. The Morgan fingerprint density at radius 2 is 1.89 bits per heavy atom. The summed E-state index contributed by atoms with van der Waals surface area (Å²) in [4.78, 5) is 0. The van der Waals surface area contributed by atoms with Crippen LogP contribution in [0.15, 0.2) is 18.2 Å². The Bertz CT molecular complexity index is 484. The predicted molar refractivity (Wildman–Crippen MR) is 76.9 cm³/mol. The van der Waals surface area contributed by atoms with E-state index in [-0.39, 0.29) is 0 Å². The van der Waals surface area contributed by atoms with Crippen molar-refractivity contribution < 1.29 is 5.11 Å². The minimum atomic E-state index is -0.715. The van der Waals surface area contributed by atoms with Crippen molar-refractivity contribution in [2.24, 2.45) is 5.41 Å². The van der Waals surface area contributed by atoms with Gasteiger partial charge in [0, 0.05) is 5.02 Å². The molecule has 0 aromatic heterocycles. The van der Waals surface area contributed by atoms with Crippen LogP contribution in [0, 0.1) is 23.7 Å². The number of aliphatic hydroxyl groups excluding tert-OH is 1. The lowest BCUT2D eigenvalue weighted by molar-refractivity contribution is 0.0511. The Morgan fingerprint density at radius 3 is 2.42 bits per heavy atom. The van der Waals surface area contributed by atoms with Gasteiger partial charge < -0.3 is 5.11 Å². The van der Waals surface area contributed by atoms with Gasteiger partial charge in [-0.1, -0.05) is 43.4 Å². The lowest BCUT2D eigenvalue weighted by Gasteiger charge is -2.31. The molecule has 0 radical (unpaired) electrons. The SMILES string of the molecule is Cc1cc(Cl)ccc1C(O)C1(C#N)CCCCCC1. The lowest BCUT2D eigenvalue weighted by atomic mass is 9.73. The normalized spacial score (nSPS) is 20.3. The number of benzene rings is 1. The number of aliphatic hydroxyl groups is 1. The zero-order valence-electron chi connectivity index (χ0n) is 11.3. The number of rotatable bonds is 2. The summed E-state index contributed by atoms with van der Waals surface area (Å²) in [5, 5.41) is 21.0. The van der Waals surface area contributed by atoms with Gasteiger partial charge in [-0.15, -0.1) is 0 Å². The molecule has 1 fully saturated rings. The Labute approximate surface area is 120 Å². The van der Waals surface area contributed by atoms with Gasteiger partial charge in [0.1, 0.15) is 0 Å². The summed E-state index contributed by atoms with van der Waals surface area (Å²) in [6.45, 7) is 1.94. The number of hydrogen-bond acceptors (Lipinski definition) is 2. The summed E-state index contributed by atoms with van der Waals surface area (Å²) >= 11 is 5.96. The summed E-state index contributed by atoms with van der Waals surface area (Å²) in [6.07, 6.45) is 5.23. The van der Waals surface area contributed by atoms with Crippen molar-refractivity contribution in [3.63, 3.8) is 0 Å². The van der Waals surface area contributed by atoms with Gasteiger partial charge in [-0.25, -0.2) is 0 Å². The van der Waals surface area contributed by atoms with Gasteiger partial charge in [0.2, 0.25) is 0 Å². The van der Waals surface area contributed by atoms with Crippen LogP contribution in [0.2, 0.25) is 5.02 Å². The third kappa shape index (κ3) is 2.94. The van der Waals surface area contributed by atoms with Crippen LogP contribution in [-0.4, -0.2) is 5.11 Å². The molecule has 2 rings (SSSR count). The molecule has 3 heteroatoms. The zero-order chi connectivity index (χ0) is 13.9. The molecular weight excluding hydrogens is 258 g/mol. The van der Waals surface area contributed by atoms with Crippen LogP contribution in [0.25, 0.3) is 0 Å². The van der Waals surface area contributed by atoms with Crippen LogP contribution >= 0.6 is 11.6 Å². The molecule has 1 atom stereocenters. The van der Waals surface area contributed by atoms with Crippen LogP contribution < -0.4 is 0 Å². The highest BCUT2D eigenvalue weighted by atomic mass is 35.5. The number of nitrogens with zero attached hydrogens (tertiary/aromatic N) is 1.